The van der Waals surface area contributed by atoms with Gasteiger partial charge in [-0.25, -0.2) is 4.79 Å². The fraction of sp³-hybridized carbons (Fsp3) is 0.333. The lowest BCUT2D eigenvalue weighted by Gasteiger charge is -2.30. The van der Waals surface area contributed by atoms with Crippen LogP contribution in [0, 0.1) is 6.92 Å². The van der Waals surface area contributed by atoms with Crippen molar-refractivity contribution in [1.29, 1.82) is 0 Å². The van der Waals surface area contributed by atoms with Gasteiger partial charge >= 0.3 is 6.03 Å². The van der Waals surface area contributed by atoms with Crippen molar-refractivity contribution in [2.45, 2.75) is 45.2 Å². The van der Waals surface area contributed by atoms with Gasteiger partial charge in [-0.2, -0.15) is 0 Å². The van der Waals surface area contributed by atoms with Gasteiger partial charge in [0.15, 0.2) is 0 Å². The molecular formula is C24H24N4O4. The van der Waals surface area contributed by atoms with Crippen LogP contribution in [0.5, 0.6) is 0 Å². The second-order valence-corrected chi connectivity index (χ2v) is 8.59. The number of benzene rings is 2. The maximum absolute atomic E-state index is 13.0. The van der Waals surface area contributed by atoms with Crippen molar-refractivity contribution < 1.29 is 19.2 Å². The van der Waals surface area contributed by atoms with Crippen molar-refractivity contribution in [3.05, 3.63) is 58.7 Å². The van der Waals surface area contributed by atoms with Crippen LogP contribution in [-0.2, 0) is 22.6 Å². The predicted molar refractivity (Wildman–Crippen MR) is 118 cm³/mol. The lowest BCUT2D eigenvalue weighted by Crippen LogP contribution is -2.52. The SMILES string of the molecule is Cc1ccc2c(c1)CCCN2C(=O)Nc1ccc2c(c1)CN(C1CCC(=O)NC1=O)C2=O. The molecule has 0 bridgehead atoms. The van der Waals surface area contributed by atoms with E-state index in [0.29, 0.717) is 24.2 Å². The Bertz CT molecular complexity index is 1160. The average molecular weight is 432 g/mol. The molecule has 2 aromatic rings. The number of nitrogens with one attached hydrogen (secondary N) is 2. The number of imide groups is 1. The van der Waals surface area contributed by atoms with Gasteiger partial charge in [0, 0.05) is 36.4 Å². The van der Waals surface area contributed by atoms with E-state index in [0.717, 1.165) is 24.1 Å². The normalized spacial score (nSPS) is 20.0. The zero-order valence-electron chi connectivity index (χ0n) is 17.8. The number of fused-ring (bicyclic) bond motifs is 2. The summed E-state index contributed by atoms with van der Waals surface area (Å²) in [6, 6.07) is 10.4. The van der Waals surface area contributed by atoms with Crippen LogP contribution >= 0.6 is 0 Å². The van der Waals surface area contributed by atoms with Crippen molar-refractivity contribution in [3.8, 4) is 0 Å². The smallest absolute Gasteiger partial charge is 0.322 e. The standard InChI is InChI=1S/C24H24N4O4/c1-14-4-7-19-15(11-14)3-2-10-27(19)24(32)25-17-5-6-18-16(12-17)13-28(23(18)31)20-8-9-21(29)26-22(20)30/h4-7,11-12,20H,2-3,8-10,13H2,1H3,(H,25,32)(H,26,29,30). The van der Waals surface area contributed by atoms with Crippen LogP contribution < -0.4 is 15.5 Å². The van der Waals surface area contributed by atoms with Crippen LogP contribution in [0.15, 0.2) is 36.4 Å². The third-order valence-electron chi connectivity index (χ3n) is 6.37. The fourth-order valence-corrected chi connectivity index (χ4v) is 4.78. The molecule has 3 aliphatic rings. The molecule has 3 aliphatic heterocycles. The van der Waals surface area contributed by atoms with Gasteiger partial charge in [-0.15, -0.1) is 0 Å². The number of anilines is 2. The molecule has 1 unspecified atom stereocenters. The van der Waals surface area contributed by atoms with Crippen LogP contribution in [0.3, 0.4) is 0 Å². The zero-order valence-corrected chi connectivity index (χ0v) is 17.8. The van der Waals surface area contributed by atoms with Gasteiger partial charge in [0.25, 0.3) is 5.91 Å². The fourth-order valence-electron chi connectivity index (χ4n) is 4.78. The van der Waals surface area contributed by atoms with Gasteiger partial charge in [-0.05, 0) is 61.6 Å². The van der Waals surface area contributed by atoms with E-state index in [1.165, 1.54) is 16.0 Å². The summed E-state index contributed by atoms with van der Waals surface area (Å²) in [5.74, 6) is -0.975. The lowest BCUT2D eigenvalue weighted by molar-refractivity contribution is -0.136. The first kappa shape index (κ1) is 20.2. The first-order chi connectivity index (χ1) is 15.4. The van der Waals surface area contributed by atoms with Crippen molar-refractivity contribution in [1.82, 2.24) is 10.2 Å². The van der Waals surface area contributed by atoms with E-state index in [9.17, 15) is 19.2 Å². The Balaban J connectivity index is 1.32. The Kier molecular flexibility index (Phi) is 4.92. The van der Waals surface area contributed by atoms with E-state index in [-0.39, 0.29) is 30.8 Å². The molecule has 0 aromatic heterocycles. The summed E-state index contributed by atoms with van der Waals surface area (Å²) in [7, 11) is 0. The monoisotopic (exact) mass is 432 g/mol. The molecule has 2 N–H and O–H groups in total. The Hall–Kier alpha value is -3.68. The number of hydrogen-bond acceptors (Lipinski definition) is 4. The van der Waals surface area contributed by atoms with Gasteiger partial charge in [-0.1, -0.05) is 17.7 Å². The quantitative estimate of drug-likeness (QED) is 0.713. The molecule has 0 spiro atoms. The second kappa shape index (κ2) is 7.78. The highest BCUT2D eigenvalue weighted by Gasteiger charge is 2.39. The highest BCUT2D eigenvalue weighted by Crippen LogP contribution is 2.31. The minimum Gasteiger partial charge on any atom is -0.322 e. The summed E-state index contributed by atoms with van der Waals surface area (Å²) in [4.78, 5) is 52.7. The second-order valence-electron chi connectivity index (χ2n) is 8.59. The van der Waals surface area contributed by atoms with E-state index in [2.05, 4.69) is 16.7 Å². The van der Waals surface area contributed by atoms with E-state index in [1.54, 1.807) is 23.1 Å². The van der Waals surface area contributed by atoms with Crippen LogP contribution in [0.2, 0.25) is 0 Å². The van der Waals surface area contributed by atoms with Gasteiger partial charge in [-0.3, -0.25) is 24.6 Å². The molecule has 0 aliphatic carbocycles. The summed E-state index contributed by atoms with van der Waals surface area (Å²) in [5, 5.41) is 5.26. The molecule has 5 amide bonds. The predicted octanol–water partition coefficient (Wildman–Crippen LogP) is 2.74. The van der Waals surface area contributed by atoms with Crippen LogP contribution in [-0.4, -0.2) is 41.2 Å². The topological polar surface area (TPSA) is 98.8 Å². The number of urea groups is 1. The molecule has 8 heteroatoms. The van der Waals surface area contributed by atoms with Gasteiger partial charge in [0.05, 0.1) is 0 Å². The number of carbonyl (C=O) groups is 4. The first-order valence-electron chi connectivity index (χ1n) is 10.9. The Morgan fingerprint density at radius 2 is 1.91 bits per heavy atom. The minimum atomic E-state index is -0.654. The van der Waals surface area contributed by atoms with E-state index in [4.69, 9.17) is 0 Å². The average Bonchev–Trinajstić information content (AvgIpc) is 3.08. The van der Waals surface area contributed by atoms with E-state index < -0.39 is 11.9 Å². The molecule has 1 atom stereocenters. The summed E-state index contributed by atoms with van der Waals surface area (Å²) < 4.78 is 0. The summed E-state index contributed by atoms with van der Waals surface area (Å²) in [6.07, 6.45) is 2.40. The van der Waals surface area contributed by atoms with Crippen molar-refractivity contribution in [2.24, 2.45) is 0 Å². The maximum atomic E-state index is 13.0. The molecule has 164 valence electrons. The third kappa shape index (κ3) is 3.51. The molecule has 5 rings (SSSR count). The molecule has 32 heavy (non-hydrogen) atoms. The van der Waals surface area contributed by atoms with Crippen LogP contribution in [0.25, 0.3) is 0 Å². The minimum absolute atomic E-state index is 0.207. The first-order valence-corrected chi connectivity index (χ1v) is 10.9. The number of aryl methyl sites for hydroxylation is 2. The number of hydrogen-bond donors (Lipinski definition) is 2. The Labute approximate surface area is 185 Å². The molecule has 1 fully saturated rings. The van der Waals surface area contributed by atoms with Gasteiger partial charge < -0.3 is 10.2 Å². The number of nitrogens with zero attached hydrogens (tertiary/aromatic N) is 2. The van der Waals surface area contributed by atoms with E-state index >= 15 is 0 Å². The lowest BCUT2D eigenvalue weighted by atomic mass is 10.00. The van der Waals surface area contributed by atoms with Crippen molar-refractivity contribution in [3.63, 3.8) is 0 Å². The van der Waals surface area contributed by atoms with Crippen LogP contribution in [0.1, 0.15) is 46.3 Å². The van der Waals surface area contributed by atoms with Gasteiger partial charge in [0.1, 0.15) is 6.04 Å². The Morgan fingerprint density at radius 3 is 2.72 bits per heavy atom. The summed E-state index contributed by atoms with van der Waals surface area (Å²) >= 11 is 0. The van der Waals surface area contributed by atoms with Crippen molar-refractivity contribution >= 4 is 35.1 Å². The molecule has 0 radical (unpaired) electrons. The highest BCUT2D eigenvalue weighted by molar-refractivity contribution is 6.06. The molecule has 2 aromatic carbocycles. The van der Waals surface area contributed by atoms with Crippen molar-refractivity contribution in [2.75, 3.05) is 16.8 Å². The maximum Gasteiger partial charge on any atom is 0.326 e. The van der Waals surface area contributed by atoms with E-state index in [1.807, 2.05) is 19.1 Å². The summed E-state index contributed by atoms with van der Waals surface area (Å²) in [5.41, 5.74) is 5.16. The third-order valence-corrected chi connectivity index (χ3v) is 6.37. The largest absolute Gasteiger partial charge is 0.326 e. The number of carbonyl (C=O) groups excluding carboxylic acids is 4. The number of rotatable bonds is 2. The number of piperidine rings is 1. The molecule has 8 nitrogen and oxygen atoms in total. The highest BCUT2D eigenvalue weighted by atomic mass is 16.2. The Morgan fingerprint density at radius 1 is 1.06 bits per heavy atom. The van der Waals surface area contributed by atoms with Crippen LogP contribution in [0.4, 0.5) is 16.2 Å². The molecular weight excluding hydrogens is 408 g/mol. The van der Waals surface area contributed by atoms with Gasteiger partial charge in [0.2, 0.25) is 11.8 Å². The number of amides is 5. The molecule has 3 heterocycles. The molecule has 0 saturated carbocycles. The zero-order chi connectivity index (χ0) is 22.4. The summed E-state index contributed by atoms with van der Waals surface area (Å²) in [6.45, 7) is 2.97. The molecule has 1 saturated heterocycles.